The number of H-pyrrole nitrogens is 1. The molecule has 4 nitrogen and oxygen atoms in total. The summed E-state index contributed by atoms with van der Waals surface area (Å²) in [5, 5.41) is 0. The fourth-order valence-electron chi connectivity index (χ4n) is 0.633. The molecule has 0 saturated heterocycles. The first-order valence-electron chi connectivity index (χ1n) is 3.01. The SMILES string of the molecule is CC#Cc1[nH]c(=O)cnc1N. The first-order valence-corrected chi connectivity index (χ1v) is 3.01. The number of nitrogens with two attached hydrogens (primary N) is 1. The summed E-state index contributed by atoms with van der Waals surface area (Å²) >= 11 is 0. The van der Waals surface area contributed by atoms with E-state index in [0.29, 0.717) is 5.69 Å². The molecule has 0 radical (unpaired) electrons. The minimum absolute atomic E-state index is 0.249. The second-order valence-electron chi connectivity index (χ2n) is 1.88. The molecule has 0 aliphatic carbocycles. The molecule has 0 fully saturated rings. The molecule has 1 rings (SSSR count). The molecule has 0 saturated carbocycles. The average Bonchev–Trinajstić information content (AvgIpc) is 1.98. The number of aromatic amines is 1. The number of rotatable bonds is 0. The highest BCUT2D eigenvalue weighted by molar-refractivity contribution is 5.44. The third-order valence-corrected chi connectivity index (χ3v) is 1.08. The molecule has 0 unspecified atom stereocenters. The van der Waals surface area contributed by atoms with Crippen LogP contribution in [-0.2, 0) is 0 Å². The van der Waals surface area contributed by atoms with Crippen molar-refractivity contribution < 1.29 is 0 Å². The highest BCUT2D eigenvalue weighted by Crippen LogP contribution is 1.96. The lowest BCUT2D eigenvalue weighted by molar-refractivity contribution is 1.12. The summed E-state index contributed by atoms with van der Waals surface area (Å²) < 4.78 is 0. The molecule has 0 aliphatic heterocycles. The summed E-state index contributed by atoms with van der Waals surface area (Å²) in [6.07, 6.45) is 1.12. The molecular weight excluding hydrogens is 142 g/mol. The fraction of sp³-hybridized carbons (Fsp3) is 0.143. The highest BCUT2D eigenvalue weighted by atomic mass is 16.1. The molecule has 3 N–H and O–H groups in total. The number of hydrogen-bond acceptors (Lipinski definition) is 3. The van der Waals surface area contributed by atoms with E-state index < -0.39 is 0 Å². The van der Waals surface area contributed by atoms with Gasteiger partial charge in [-0.25, -0.2) is 4.98 Å². The Kier molecular flexibility index (Phi) is 1.93. The van der Waals surface area contributed by atoms with Gasteiger partial charge in [0.1, 0.15) is 5.69 Å². The van der Waals surface area contributed by atoms with Gasteiger partial charge in [0.25, 0.3) is 5.56 Å². The van der Waals surface area contributed by atoms with Gasteiger partial charge in [-0.3, -0.25) is 4.79 Å². The van der Waals surface area contributed by atoms with Crippen molar-refractivity contribution in [3.05, 3.63) is 22.2 Å². The molecule has 1 aromatic rings. The van der Waals surface area contributed by atoms with Crippen LogP contribution in [0.15, 0.2) is 11.0 Å². The predicted octanol–water partition coefficient (Wildman–Crippen LogP) is -0.277. The van der Waals surface area contributed by atoms with Gasteiger partial charge in [-0.2, -0.15) is 0 Å². The predicted molar refractivity (Wildman–Crippen MR) is 41.8 cm³/mol. The van der Waals surface area contributed by atoms with Gasteiger partial charge in [-0.1, -0.05) is 5.92 Å². The zero-order valence-electron chi connectivity index (χ0n) is 6.01. The number of aromatic nitrogens is 2. The van der Waals surface area contributed by atoms with Crippen molar-refractivity contribution in [3.8, 4) is 11.8 Å². The van der Waals surface area contributed by atoms with Crippen molar-refractivity contribution in [3.63, 3.8) is 0 Å². The van der Waals surface area contributed by atoms with Crippen LogP contribution in [-0.4, -0.2) is 9.97 Å². The minimum atomic E-state index is -0.294. The Morgan fingerprint density at radius 2 is 2.45 bits per heavy atom. The molecule has 0 spiro atoms. The molecule has 56 valence electrons. The first kappa shape index (κ1) is 7.35. The van der Waals surface area contributed by atoms with Crippen LogP contribution < -0.4 is 11.3 Å². The van der Waals surface area contributed by atoms with Crippen molar-refractivity contribution in [1.82, 2.24) is 9.97 Å². The Balaban J connectivity index is 3.31. The second-order valence-corrected chi connectivity index (χ2v) is 1.88. The molecule has 0 amide bonds. The Morgan fingerprint density at radius 3 is 3.09 bits per heavy atom. The van der Waals surface area contributed by atoms with Gasteiger partial charge in [-0.05, 0) is 12.8 Å². The summed E-state index contributed by atoms with van der Waals surface area (Å²) in [5.74, 6) is 5.48. The fourth-order valence-corrected chi connectivity index (χ4v) is 0.633. The van der Waals surface area contributed by atoms with Gasteiger partial charge >= 0.3 is 0 Å². The Morgan fingerprint density at radius 1 is 1.73 bits per heavy atom. The van der Waals surface area contributed by atoms with Crippen LogP contribution in [0.1, 0.15) is 12.6 Å². The molecule has 11 heavy (non-hydrogen) atoms. The number of anilines is 1. The number of nitrogens with zero attached hydrogens (tertiary/aromatic N) is 1. The molecule has 0 aliphatic rings. The first-order chi connectivity index (χ1) is 5.24. The van der Waals surface area contributed by atoms with Crippen LogP contribution in [0.25, 0.3) is 0 Å². The Hall–Kier alpha value is -1.76. The third kappa shape index (κ3) is 1.58. The van der Waals surface area contributed by atoms with Crippen molar-refractivity contribution in [1.29, 1.82) is 0 Å². The molecule has 0 aromatic carbocycles. The zero-order chi connectivity index (χ0) is 8.27. The second kappa shape index (κ2) is 2.88. The molecule has 1 aromatic heterocycles. The number of nitrogen functional groups attached to an aromatic ring is 1. The van der Waals surface area contributed by atoms with E-state index in [1.54, 1.807) is 6.92 Å². The van der Waals surface area contributed by atoms with E-state index in [9.17, 15) is 4.79 Å². The van der Waals surface area contributed by atoms with E-state index in [4.69, 9.17) is 5.73 Å². The Labute approximate surface area is 63.5 Å². The lowest BCUT2D eigenvalue weighted by atomic mass is 10.4. The summed E-state index contributed by atoms with van der Waals surface area (Å²) in [5.41, 5.74) is 5.47. The van der Waals surface area contributed by atoms with Crippen LogP contribution in [0.2, 0.25) is 0 Å². The van der Waals surface area contributed by atoms with Gasteiger partial charge in [0.15, 0.2) is 5.82 Å². The average molecular weight is 149 g/mol. The standard InChI is InChI=1S/C7H7N3O/c1-2-3-5-7(8)9-4-6(11)10-5/h4H,1H3,(H2,8,9)(H,10,11). The molecular formula is C7H7N3O. The van der Waals surface area contributed by atoms with Crippen LogP contribution in [0.3, 0.4) is 0 Å². The van der Waals surface area contributed by atoms with E-state index in [1.165, 1.54) is 0 Å². The summed E-state index contributed by atoms with van der Waals surface area (Å²) in [6, 6.07) is 0. The largest absolute Gasteiger partial charge is 0.381 e. The van der Waals surface area contributed by atoms with E-state index in [2.05, 4.69) is 21.8 Å². The van der Waals surface area contributed by atoms with Crippen LogP contribution >= 0.6 is 0 Å². The van der Waals surface area contributed by atoms with E-state index in [0.717, 1.165) is 6.20 Å². The molecule has 1 heterocycles. The van der Waals surface area contributed by atoms with Gasteiger partial charge in [0.2, 0.25) is 0 Å². The van der Waals surface area contributed by atoms with E-state index in [1.807, 2.05) is 0 Å². The lowest BCUT2D eigenvalue weighted by Crippen LogP contribution is -2.10. The third-order valence-electron chi connectivity index (χ3n) is 1.08. The van der Waals surface area contributed by atoms with Gasteiger partial charge < -0.3 is 10.7 Å². The normalized spacial score (nSPS) is 8.45. The summed E-state index contributed by atoms with van der Waals surface area (Å²) in [4.78, 5) is 16.8. The van der Waals surface area contributed by atoms with Crippen molar-refractivity contribution in [2.24, 2.45) is 0 Å². The zero-order valence-corrected chi connectivity index (χ0v) is 6.01. The topological polar surface area (TPSA) is 71.8 Å². The molecule has 4 heteroatoms. The van der Waals surface area contributed by atoms with Crippen molar-refractivity contribution in [2.45, 2.75) is 6.92 Å². The number of nitrogens with one attached hydrogen (secondary N) is 1. The number of hydrogen-bond donors (Lipinski definition) is 2. The van der Waals surface area contributed by atoms with Crippen molar-refractivity contribution in [2.75, 3.05) is 5.73 Å². The van der Waals surface area contributed by atoms with Gasteiger partial charge in [0.05, 0.1) is 6.20 Å². The summed E-state index contributed by atoms with van der Waals surface area (Å²) in [6.45, 7) is 1.66. The van der Waals surface area contributed by atoms with E-state index >= 15 is 0 Å². The molecule has 0 bridgehead atoms. The Bertz CT molecular complexity index is 369. The quantitative estimate of drug-likeness (QED) is 0.498. The maximum Gasteiger partial charge on any atom is 0.267 e. The van der Waals surface area contributed by atoms with Crippen LogP contribution in [0.4, 0.5) is 5.82 Å². The van der Waals surface area contributed by atoms with Gasteiger partial charge in [-0.15, -0.1) is 0 Å². The van der Waals surface area contributed by atoms with Gasteiger partial charge in [0, 0.05) is 0 Å². The highest BCUT2D eigenvalue weighted by Gasteiger charge is 1.95. The summed E-state index contributed by atoms with van der Waals surface area (Å²) in [7, 11) is 0. The smallest absolute Gasteiger partial charge is 0.267 e. The maximum absolute atomic E-state index is 10.7. The minimum Gasteiger partial charge on any atom is -0.381 e. The van der Waals surface area contributed by atoms with Crippen LogP contribution in [0.5, 0.6) is 0 Å². The lowest BCUT2D eigenvalue weighted by Gasteiger charge is -1.93. The molecule has 0 atom stereocenters. The van der Waals surface area contributed by atoms with Crippen molar-refractivity contribution >= 4 is 5.82 Å². The maximum atomic E-state index is 10.7. The van der Waals surface area contributed by atoms with E-state index in [-0.39, 0.29) is 11.4 Å². The van der Waals surface area contributed by atoms with Crippen LogP contribution in [0, 0.1) is 11.8 Å². The monoisotopic (exact) mass is 149 g/mol.